The first kappa shape index (κ1) is 24.3. The molecule has 0 heterocycles. The van der Waals surface area contributed by atoms with Gasteiger partial charge >= 0.3 is 5.97 Å². The van der Waals surface area contributed by atoms with Crippen LogP contribution in [-0.2, 0) is 16.0 Å². The number of ether oxygens (including phenoxy) is 3. The molecule has 0 aliphatic carbocycles. The van der Waals surface area contributed by atoms with Crippen molar-refractivity contribution in [3.05, 3.63) is 95.6 Å². The molecule has 0 spiro atoms. The van der Waals surface area contributed by atoms with Crippen molar-refractivity contribution in [2.45, 2.75) is 13.3 Å². The zero-order valence-corrected chi connectivity index (χ0v) is 19.1. The molecule has 7 heteroatoms. The first-order valence-corrected chi connectivity index (χ1v) is 10.7. The summed E-state index contributed by atoms with van der Waals surface area (Å²) >= 11 is 0. The van der Waals surface area contributed by atoms with Crippen molar-refractivity contribution >= 4 is 24.2 Å². The molecule has 0 aliphatic rings. The van der Waals surface area contributed by atoms with Gasteiger partial charge in [0.05, 0.1) is 13.3 Å². The third kappa shape index (κ3) is 7.63. The van der Waals surface area contributed by atoms with Crippen LogP contribution >= 0.6 is 0 Å². The quantitative estimate of drug-likeness (QED) is 0.160. The Morgan fingerprint density at radius 2 is 1.71 bits per heavy atom. The average Bonchev–Trinajstić information content (AvgIpc) is 2.88. The van der Waals surface area contributed by atoms with Gasteiger partial charge in [-0.1, -0.05) is 49.4 Å². The van der Waals surface area contributed by atoms with Gasteiger partial charge in [-0.3, -0.25) is 4.79 Å². The van der Waals surface area contributed by atoms with Crippen molar-refractivity contribution < 1.29 is 23.8 Å². The molecular formula is C27H26N2O5. The van der Waals surface area contributed by atoms with Gasteiger partial charge < -0.3 is 14.2 Å². The summed E-state index contributed by atoms with van der Waals surface area (Å²) in [4.78, 5) is 24.1. The number of nitrogens with one attached hydrogen (secondary N) is 1. The number of esters is 1. The summed E-state index contributed by atoms with van der Waals surface area (Å²) in [6.45, 7) is 1.92. The Morgan fingerprint density at radius 1 is 0.941 bits per heavy atom. The van der Waals surface area contributed by atoms with Gasteiger partial charge in [0, 0.05) is 6.08 Å². The standard InChI is InChI=1S/C27H26N2O5/c1-3-20-9-13-23(14-10-20)33-19-26(30)29-28-18-22-11-15-24(25(17-22)32-2)34-27(31)16-12-21-7-5-4-6-8-21/h4-18H,3,19H2,1-2H3,(H,29,30)/b16-12+,28-18-. The molecule has 34 heavy (non-hydrogen) atoms. The van der Waals surface area contributed by atoms with E-state index in [1.165, 1.54) is 25.0 Å². The largest absolute Gasteiger partial charge is 0.493 e. The molecule has 0 unspecified atom stereocenters. The summed E-state index contributed by atoms with van der Waals surface area (Å²) in [5, 5.41) is 3.93. The zero-order valence-electron chi connectivity index (χ0n) is 19.1. The molecule has 3 aromatic carbocycles. The Bertz CT molecular complexity index is 1160. The summed E-state index contributed by atoms with van der Waals surface area (Å²) in [5.41, 5.74) is 5.14. The van der Waals surface area contributed by atoms with Crippen LogP contribution in [0.15, 0.2) is 84.0 Å². The predicted molar refractivity (Wildman–Crippen MR) is 131 cm³/mol. The van der Waals surface area contributed by atoms with E-state index in [9.17, 15) is 9.59 Å². The van der Waals surface area contributed by atoms with Gasteiger partial charge in [0.15, 0.2) is 18.1 Å². The molecule has 0 bridgehead atoms. The van der Waals surface area contributed by atoms with E-state index < -0.39 is 11.9 Å². The van der Waals surface area contributed by atoms with E-state index in [1.807, 2.05) is 54.6 Å². The van der Waals surface area contributed by atoms with Crippen LogP contribution in [0.5, 0.6) is 17.2 Å². The summed E-state index contributed by atoms with van der Waals surface area (Å²) in [7, 11) is 1.47. The number of carbonyl (C=O) groups is 2. The van der Waals surface area contributed by atoms with E-state index in [0.717, 1.165) is 12.0 Å². The first-order chi connectivity index (χ1) is 16.6. The van der Waals surface area contributed by atoms with Crippen molar-refractivity contribution in [2.24, 2.45) is 5.10 Å². The summed E-state index contributed by atoms with van der Waals surface area (Å²) in [6.07, 6.45) is 5.41. The van der Waals surface area contributed by atoms with E-state index in [1.54, 1.807) is 24.3 Å². The Hall–Kier alpha value is -4.39. The molecule has 0 aliphatic heterocycles. The van der Waals surface area contributed by atoms with Gasteiger partial charge in [-0.15, -0.1) is 0 Å². The first-order valence-electron chi connectivity index (χ1n) is 10.7. The topological polar surface area (TPSA) is 86.2 Å². The molecule has 174 valence electrons. The molecule has 0 fully saturated rings. The van der Waals surface area contributed by atoms with Crippen LogP contribution in [0.4, 0.5) is 0 Å². The fourth-order valence-corrected chi connectivity index (χ4v) is 2.90. The van der Waals surface area contributed by atoms with Crippen LogP contribution in [-0.4, -0.2) is 31.8 Å². The van der Waals surface area contributed by atoms with Crippen molar-refractivity contribution in [3.63, 3.8) is 0 Å². The number of hydrogen-bond acceptors (Lipinski definition) is 6. The van der Waals surface area contributed by atoms with E-state index in [-0.39, 0.29) is 12.4 Å². The number of amides is 1. The average molecular weight is 459 g/mol. The van der Waals surface area contributed by atoms with Crippen molar-refractivity contribution in [1.29, 1.82) is 0 Å². The maximum absolute atomic E-state index is 12.1. The van der Waals surface area contributed by atoms with Gasteiger partial charge in [0.2, 0.25) is 0 Å². The van der Waals surface area contributed by atoms with Gasteiger partial charge in [-0.2, -0.15) is 5.10 Å². The lowest BCUT2D eigenvalue weighted by atomic mass is 10.2. The van der Waals surface area contributed by atoms with Crippen LogP contribution in [0.25, 0.3) is 6.08 Å². The minimum absolute atomic E-state index is 0.155. The maximum Gasteiger partial charge on any atom is 0.336 e. The molecular weight excluding hydrogens is 432 g/mol. The summed E-state index contributed by atoms with van der Waals surface area (Å²) in [5.74, 6) is 0.327. The highest BCUT2D eigenvalue weighted by Crippen LogP contribution is 2.27. The van der Waals surface area contributed by atoms with E-state index in [4.69, 9.17) is 14.2 Å². The lowest BCUT2D eigenvalue weighted by Gasteiger charge is -2.08. The Morgan fingerprint density at radius 3 is 2.41 bits per heavy atom. The molecule has 0 radical (unpaired) electrons. The molecule has 0 atom stereocenters. The molecule has 0 saturated heterocycles. The van der Waals surface area contributed by atoms with Crippen molar-refractivity contribution in [3.8, 4) is 17.2 Å². The van der Waals surface area contributed by atoms with Crippen molar-refractivity contribution in [1.82, 2.24) is 5.43 Å². The van der Waals surface area contributed by atoms with Crippen LogP contribution in [0.1, 0.15) is 23.6 Å². The molecule has 1 amide bonds. The maximum atomic E-state index is 12.1. The third-order valence-electron chi connectivity index (χ3n) is 4.71. The lowest BCUT2D eigenvalue weighted by Crippen LogP contribution is -2.24. The predicted octanol–water partition coefficient (Wildman–Crippen LogP) is 4.41. The van der Waals surface area contributed by atoms with Crippen LogP contribution in [0.3, 0.4) is 0 Å². The lowest BCUT2D eigenvalue weighted by molar-refractivity contribution is -0.129. The second-order valence-corrected chi connectivity index (χ2v) is 7.15. The highest BCUT2D eigenvalue weighted by molar-refractivity contribution is 5.89. The Balaban J connectivity index is 1.51. The van der Waals surface area contributed by atoms with Crippen LogP contribution in [0, 0.1) is 0 Å². The fourth-order valence-electron chi connectivity index (χ4n) is 2.90. The molecule has 3 rings (SSSR count). The summed E-state index contributed by atoms with van der Waals surface area (Å²) < 4.78 is 16.1. The molecule has 1 N–H and O–H groups in total. The number of benzene rings is 3. The minimum atomic E-state index is -0.528. The molecule has 0 aromatic heterocycles. The monoisotopic (exact) mass is 458 g/mol. The number of aryl methyl sites for hydroxylation is 1. The highest BCUT2D eigenvalue weighted by Gasteiger charge is 2.09. The number of methoxy groups -OCH3 is 1. The Labute approximate surface area is 198 Å². The second kappa shape index (κ2) is 12.6. The van der Waals surface area contributed by atoms with Crippen LogP contribution < -0.4 is 19.6 Å². The molecule has 7 nitrogen and oxygen atoms in total. The van der Waals surface area contributed by atoms with Gasteiger partial charge in [0.25, 0.3) is 5.91 Å². The normalized spacial score (nSPS) is 10.9. The van der Waals surface area contributed by atoms with E-state index in [0.29, 0.717) is 17.1 Å². The number of hydrazone groups is 1. The third-order valence-corrected chi connectivity index (χ3v) is 4.71. The van der Waals surface area contributed by atoms with E-state index in [2.05, 4.69) is 17.5 Å². The minimum Gasteiger partial charge on any atom is -0.493 e. The number of nitrogens with zero attached hydrogens (tertiary/aromatic N) is 1. The van der Waals surface area contributed by atoms with Gasteiger partial charge in [-0.05, 0) is 59.5 Å². The smallest absolute Gasteiger partial charge is 0.336 e. The molecule has 3 aromatic rings. The van der Waals surface area contributed by atoms with Gasteiger partial charge in [-0.25, -0.2) is 10.2 Å². The van der Waals surface area contributed by atoms with Gasteiger partial charge in [0.1, 0.15) is 5.75 Å². The van der Waals surface area contributed by atoms with E-state index >= 15 is 0 Å². The SMILES string of the molecule is CCc1ccc(OCC(=O)N/N=C\c2ccc(OC(=O)/C=C/c3ccccc3)c(OC)c2)cc1. The number of hydrogen-bond donors (Lipinski definition) is 1. The second-order valence-electron chi connectivity index (χ2n) is 7.15. The summed E-state index contributed by atoms with van der Waals surface area (Å²) in [6, 6.07) is 21.9. The molecule has 0 saturated carbocycles. The zero-order chi connectivity index (χ0) is 24.2. The number of carbonyl (C=O) groups excluding carboxylic acids is 2. The highest BCUT2D eigenvalue weighted by atomic mass is 16.6. The number of rotatable bonds is 10. The Kier molecular flexibility index (Phi) is 8.99. The van der Waals surface area contributed by atoms with Crippen LogP contribution in [0.2, 0.25) is 0 Å². The fraction of sp³-hybridized carbons (Fsp3) is 0.148. The van der Waals surface area contributed by atoms with Crippen molar-refractivity contribution in [2.75, 3.05) is 13.7 Å².